The number of nitrogens with one attached hydrogen (secondary N) is 1. The highest BCUT2D eigenvalue weighted by Gasteiger charge is 2.34. The number of aromatic nitrogens is 3. The number of benzene rings is 1. The first kappa shape index (κ1) is 22.2. The number of anilines is 1. The lowest BCUT2D eigenvalue weighted by molar-refractivity contribution is 0.0517. The fourth-order valence-electron chi connectivity index (χ4n) is 4.10. The third kappa shape index (κ3) is 3.84. The van der Waals surface area contributed by atoms with Gasteiger partial charge in [0.2, 0.25) is 0 Å². The van der Waals surface area contributed by atoms with Crippen molar-refractivity contribution in [3.63, 3.8) is 0 Å². The van der Waals surface area contributed by atoms with Gasteiger partial charge in [0.1, 0.15) is 23.6 Å². The van der Waals surface area contributed by atoms with Gasteiger partial charge in [-0.3, -0.25) is 9.36 Å². The first-order chi connectivity index (χ1) is 15.2. The number of ether oxygens (including phenoxy) is 1. The van der Waals surface area contributed by atoms with Crippen LogP contribution in [0.3, 0.4) is 0 Å². The van der Waals surface area contributed by atoms with E-state index in [0.717, 1.165) is 6.07 Å². The smallest absolute Gasteiger partial charge is 0.266 e. The summed E-state index contributed by atoms with van der Waals surface area (Å²) in [7, 11) is 1.60. The van der Waals surface area contributed by atoms with Crippen molar-refractivity contribution in [3.05, 3.63) is 63.5 Å². The van der Waals surface area contributed by atoms with Gasteiger partial charge in [0.25, 0.3) is 12.0 Å². The second-order valence-corrected chi connectivity index (χ2v) is 8.07. The maximum absolute atomic E-state index is 14.6. The second-order valence-electron chi connectivity index (χ2n) is 8.07. The van der Waals surface area contributed by atoms with Crippen LogP contribution in [0.25, 0.3) is 11.0 Å². The molecule has 3 N–H and O–H groups in total. The first-order valence-electron chi connectivity index (χ1n) is 10.3. The van der Waals surface area contributed by atoms with Gasteiger partial charge in [0.15, 0.2) is 0 Å². The topological polar surface area (TPSA) is 95.1 Å². The van der Waals surface area contributed by atoms with E-state index in [2.05, 4.69) is 15.3 Å². The quantitative estimate of drug-likeness (QED) is 0.621. The van der Waals surface area contributed by atoms with Crippen molar-refractivity contribution in [3.8, 4) is 0 Å². The summed E-state index contributed by atoms with van der Waals surface area (Å²) in [6.07, 6.45) is -0.646. The summed E-state index contributed by atoms with van der Waals surface area (Å²) in [5.41, 5.74) is 5.70. The zero-order chi connectivity index (χ0) is 23.0. The predicted octanol–water partition coefficient (Wildman–Crippen LogP) is 3.54. The van der Waals surface area contributed by atoms with Crippen molar-refractivity contribution < 1.29 is 17.9 Å². The van der Waals surface area contributed by atoms with Crippen molar-refractivity contribution in [1.29, 1.82) is 0 Å². The van der Waals surface area contributed by atoms with Crippen LogP contribution in [0.2, 0.25) is 0 Å². The highest BCUT2D eigenvalue weighted by Crippen LogP contribution is 2.32. The second kappa shape index (κ2) is 8.51. The van der Waals surface area contributed by atoms with E-state index in [1.54, 1.807) is 20.0 Å². The normalized spacial score (nSPS) is 17.0. The molecule has 0 aliphatic carbocycles. The Morgan fingerprint density at radius 1 is 1.22 bits per heavy atom. The number of nitrogens with two attached hydrogens (primary N) is 1. The highest BCUT2D eigenvalue weighted by atomic mass is 19.3. The molecule has 0 saturated carbocycles. The fourth-order valence-corrected chi connectivity index (χ4v) is 4.10. The molecule has 3 heterocycles. The van der Waals surface area contributed by atoms with E-state index in [0.29, 0.717) is 48.5 Å². The van der Waals surface area contributed by atoms with E-state index in [-0.39, 0.29) is 11.1 Å². The Bertz CT molecular complexity index is 1210. The molecule has 3 aromatic rings. The van der Waals surface area contributed by atoms with Crippen LogP contribution in [-0.4, -0.2) is 27.7 Å². The van der Waals surface area contributed by atoms with Crippen LogP contribution in [0.5, 0.6) is 0 Å². The summed E-state index contributed by atoms with van der Waals surface area (Å²) in [5, 5.41) is 3.61. The lowest BCUT2D eigenvalue weighted by Gasteiger charge is -2.33. The van der Waals surface area contributed by atoms with Gasteiger partial charge >= 0.3 is 0 Å². The first-order valence-corrected chi connectivity index (χ1v) is 10.3. The molecule has 1 aromatic carbocycles. The molecule has 0 amide bonds. The van der Waals surface area contributed by atoms with Gasteiger partial charge in [0, 0.05) is 31.4 Å². The molecule has 32 heavy (non-hydrogen) atoms. The minimum absolute atomic E-state index is 0.0827. The molecule has 1 fully saturated rings. The van der Waals surface area contributed by atoms with Gasteiger partial charge in [0.05, 0.1) is 22.5 Å². The number of alkyl halides is 2. The number of hydrogen-bond donors (Lipinski definition) is 2. The number of rotatable bonds is 5. The summed E-state index contributed by atoms with van der Waals surface area (Å²) in [4.78, 5) is 21.5. The molecule has 7 nitrogen and oxygen atoms in total. The summed E-state index contributed by atoms with van der Waals surface area (Å²) in [6, 6.07) is 4.89. The van der Waals surface area contributed by atoms with E-state index in [9.17, 15) is 18.0 Å². The summed E-state index contributed by atoms with van der Waals surface area (Å²) in [5.74, 6) is -0.617. The molecule has 0 spiro atoms. The van der Waals surface area contributed by atoms with Gasteiger partial charge in [-0.2, -0.15) is 0 Å². The Morgan fingerprint density at radius 3 is 2.59 bits per heavy atom. The Hall–Kier alpha value is -2.98. The number of aryl methyl sites for hydroxylation is 1. The Kier molecular flexibility index (Phi) is 5.91. The van der Waals surface area contributed by atoms with Gasteiger partial charge in [-0.1, -0.05) is 18.2 Å². The molecule has 10 heteroatoms. The number of halogens is 3. The van der Waals surface area contributed by atoms with Crippen LogP contribution in [0.4, 0.5) is 19.0 Å². The zero-order valence-corrected chi connectivity index (χ0v) is 17.7. The van der Waals surface area contributed by atoms with Crippen LogP contribution in [-0.2, 0) is 17.3 Å². The molecular weight excluding hydrogens is 423 g/mol. The van der Waals surface area contributed by atoms with Crippen LogP contribution in [0.15, 0.2) is 35.4 Å². The van der Waals surface area contributed by atoms with Crippen molar-refractivity contribution in [1.82, 2.24) is 14.5 Å². The number of hydrogen-bond acceptors (Lipinski definition) is 6. The Morgan fingerprint density at radius 2 is 1.91 bits per heavy atom. The largest absolute Gasteiger partial charge is 0.381 e. The molecule has 0 radical (unpaired) electrons. The van der Waals surface area contributed by atoms with Crippen LogP contribution in [0.1, 0.15) is 48.9 Å². The van der Waals surface area contributed by atoms with Crippen molar-refractivity contribution in [2.45, 2.75) is 37.8 Å². The van der Waals surface area contributed by atoms with Gasteiger partial charge < -0.3 is 15.8 Å². The maximum Gasteiger partial charge on any atom is 0.266 e. The van der Waals surface area contributed by atoms with Crippen LogP contribution >= 0.6 is 0 Å². The molecule has 0 bridgehead atoms. The number of nitrogens with zero attached hydrogens (tertiary/aromatic N) is 3. The van der Waals surface area contributed by atoms with Gasteiger partial charge in [-0.15, -0.1) is 0 Å². The van der Waals surface area contributed by atoms with Crippen LogP contribution < -0.4 is 16.6 Å². The fraction of sp³-hybridized carbons (Fsp3) is 0.409. The SMILES string of the molecule is C[C@@H](Nc1ncnc2c1cc(C1(N)CCOCC1)c(=O)n2C)c1cccc(C(F)F)c1F. The van der Waals surface area contributed by atoms with E-state index in [1.165, 1.54) is 23.0 Å². The molecule has 0 unspecified atom stereocenters. The Labute approximate surface area is 182 Å². The molecule has 4 rings (SSSR count). The minimum atomic E-state index is -2.92. The summed E-state index contributed by atoms with van der Waals surface area (Å²) < 4.78 is 47.7. The predicted molar refractivity (Wildman–Crippen MR) is 114 cm³/mol. The molecule has 170 valence electrons. The number of fused-ring (bicyclic) bond motifs is 1. The van der Waals surface area contributed by atoms with E-state index >= 15 is 0 Å². The van der Waals surface area contributed by atoms with Crippen molar-refractivity contribution in [2.75, 3.05) is 18.5 Å². The monoisotopic (exact) mass is 447 g/mol. The lowest BCUT2D eigenvalue weighted by Crippen LogP contribution is -2.46. The maximum atomic E-state index is 14.6. The molecule has 2 aromatic heterocycles. The average molecular weight is 447 g/mol. The standard InChI is InChI=1S/C22H24F3N5O2/c1-12(13-4-3-5-14(17(13)23)18(24)25)29-19-15-10-16(22(26)6-8-32-9-7-22)21(31)30(2)20(15)28-11-27-19/h3-5,10-12,18H,6-9,26H2,1-2H3,(H,27,28,29)/t12-/m1/s1. The van der Waals surface area contributed by atoms with Gasteiger partial charge in [-0.05, 0) is 25.8 Å². The molecule has 1 atom stereocenters. The lowest BCUT2D eigenvalue weighted by atomic mass is 9.84. The minimum Gasteiger partial charge on any atom is -0.381 e. The summed E-state index contributed by atoms with van der Waals surface area (Å²) in [6.45, 7) is 2.54. The zero-order valence-electron chi connectivity index (χ0n) is 17.7. The molecule has 1 aliphatic rings. The van der Waals surface area contributed by atoms with E-state index in [1.807, 2.05) is 0 Å². The highest BCUT2D eigenvalue weighted by molar-refractivity contribution is 5.87. The summed E-state index contributed by atoms with van der Waals surface area (Å²) >= 11 is 0. The third-order valence-electron chi connectivity index (χ3n) is 6.04. The molecule has 1 saturated heterocycles. The van der Waals surface area contributed by atoms with Gasteiger partial charge in [-0.25, -0.2) is 23.1 Å². The van der Waals surface area contributed by atoms with Crippen molar-refractivity contribution >= 4 is 16.9 Å². The third-order valence-corrected chi connectivity index (χ3v) is 6.04. The average Bonchev–Trinajstić information content (AvgIpc) is 2.76. The number of pyridine rings is 1. The van der Waals surface area contributed by atoms with Crippen LogP contribution in [0, 0.1) is 5.82 Å². The Balaban J connectivity index is 1.79. The van der Waals surface area contributed by atoms with E-state index in [4.69, 9.17) is 10.5 Å². The van der Waals surface area contributed by atoms with E-state index < -0.39 is 29.4 Å². The van der Waals surface area contributed by atoms with Crippen molar-refractivity contribution in [2.24, 2.45) is 12.8 Å². The molecular formula is C22H24F3N5O2. The molecule has 1 aliphatic heterocycles.